The summed E-state index contributed by atoms with van der Waals surface area (Å²) in [6.07, 6.45) is 0. The normalized spacial score (nSPS) is 11.4. The first-order valence-electron chi connectivity index (χ1n) is 9.36. The topological polar surface area (TPSA) is 85.8 Å². The van der Waals surface area contributed by atoms with E-state index in [1.54, 1.807) is 0 Å². The highest BCUT2D eigenvalue weighted by Crippen LogP contribution is 2.29. The molecule has 0 aliphatic carbocycles. The van der Waals surface area contributed by atoms with Crippen LogP contribution in [-0.2, 0) is 6.54 Å². The van der Waals surface area contributed by atoms with Crippen molar-refractivity contribution in [2.45, 2.75) is 27.3 Å². The van der Waals surface area contributed by atoms with Crippen molar-refractivity contribution >= 4 is 39.6 Å². The molecule has 0 radical (unpaired) electrons. The predicted molar refractivity (Wildman–Crippen MR) is 113 cm³/mol. The van der Waals surface area contributed by atoms with Crippen LogP contribution in [0.5, 0.6) is 0 Å². The van der Waals surface area contributed by atoms with Crippen molar-refractivity contribution in [3.05, 3.63) is 59.7 Å². The highest BCUT2D eigenvalue weighted by atomic mass is 16.1. The number of hydrogen-bond acceptors (Lipinski definition) is 4. The van der Waals surface area contributed by atoms with E-state index in [2.05, 4.69) is 19.2 Å². The molecule has 0 aliphatic rings. The lowest BCUT2D eigenvalue weighted by Crippen LogP contribution is -2.15. The van der Waals surface area contributed by atoms with Crippen LogP contribution in [0, 0.1) is 12.8 Å². The minimum absolute atomic E-state index is 0.279. The van der Waals surface area contributed by atoms with Gasteiger partial charge in [0.25, 0.3) is 5.91 Å². The summed E-state index contributed by atoms with van der Waals surface area (Å²) in [5.41, 5.74) is 11.3. The molecule has 0 bridgehead atoms. The van der Waals surface area contributed by atoms with Gasteiger partial charge in [-0.05, 0) is 37.1 Å². The number of anilines is 2. The van der Waals surface area contributed by atoms with Gasteiger partial charge in [0.05, 0.1) is 11.0 Å². The van der Waals surface area contributed by atoms with E-state index >= 15 is 0 Å². The van der Waals surface area contributed by atoms with E-state index in [4.69, 9.17) is 15.7 Å². The predicted octanol–water partition coefficient (Wildman–Crippen LogP) is 4.38. The number of benzene rings is 2. The van der Waals surface area contributed by atoms with Gasteiger partial charge in [0, 0.05) is 12.2 Å². The van der Waals surface area contributed by atoms with E-state index in [1.807, 2.05) is 60.0 Å². The number of aromatic nitrogens is 3. The van der Waals surface area contributed by atoms with Gasteiger partial charge >= 0.3 is 0 Å². The monoisotopic (exact) mass is 373 g/mol. The zero-order chi connectivity index (χ0) is 19.8. The number of fused-ring (bicyclic) bond motifs is 2. The number of rotatable bonds is 4. The van der Waals surface area contributed by atoms with Crippen molar-refractivity contribution in [1.29, 1.82) is 0 Å². The molecule has 6 nitrogen and oxygen atoms in total. The second-order valence-corrected chi connectivity index (χ2v) is 7.47. The van der Waals surface area contributed by atoms with E-state index < -0.39 is 0 Å². The first-order valence-corrected chi connectivity index (χ1v) is 9.36. The molecular weight excluding hydrogens is 350 g/mol. The molecule has 0 saturated carbocycles. The van der Waals surface area contributed by atoms with Gasteiger partial charge in [-0.1, -0.05) is 43.7 Å². The fraction of sp³-hybridized carbons (Fsp3) is 0.227. The summed E-state index contributed by atoms with van der Waals surface area (Å²) in [6, 6.07) is 15.3. The summed E-state index contributed by atoms with van der Waals surface area (Å²) < 4.78 is 1.89. The fourth-order valence-electron chi connectivity index (χ4n) is 3.32. The number of para-hydroxylation sites is 2. The molecule has 0 fully saturated rings. The molecule has 2 heterocycles. The van der Waals surface area contributed by atoms with Crippen molar-refractivity contribution in [3.63, 3.8) is 0 Å². The van der Waals surface area contributed by atoms with Crippen molar-refractivity contribution in [3.8, 4) is 0 Å². The van der Waals surface area contributed by atoms with E-state index in [-0.39, 0.29) is 5.91 Å². The smallest absolute Gasteiger partial charge is 0.261 e. The van der Waals surface area contributed by atoms with E-state index in [9.17, 15) is 4.79 Å². The van der Waals surface area contributed by atoms with E-state index in [0.717, 1.165) is 16.6 Å². The Bertz CT molecular complexity index is 1180. The number of nitrogens with two attached hydrogens (primary N) is 1. The highest BCUT2D eigenvalue weighted by Gasteiger charge is 2.24. The van der Waals surface area contributed by atoms with E-state index in [0.29, 0.717) is 40.7 Å². The van der Waals surface area contributed by atoms with Crippen LogP contribution >= 0.6 is 0 Å². The van der Waals surface area contributed by atoms with Gasteiger partial charge in [0.15, 0.2) is 5.65 Å². The third kappa shape index (κ3) is 3.17. The van der Waals surface area contributed by atoms with Crippen LogP contribution in [0.1, 0.15) is 29.8 Å². The van der Waals surface area contributed by atoms with Crippen molar-refractivity contribution in [2.24, 2.45) is 5.92 Å². The molecule has 4 aromatic rings. The number of carbonyl (C=O) groups is 1. The second-order valence-electron chi connectivity index (χ2n) is 7.47. The summed E-state index contributed by atoms with van der Waals surface area (Å²) >= 11 is 0. The van der Waals surface area contributed by atoms with E-state index in [1.165, 1.54) is 0 Å². The Hall–Kier alpha value is -3.41. The van der Waals surface area contributed by atoms with Gasteiger partial charge in [-0.3, -0.25) is 4.79 Å². The lowest BCUT2D eigenvalue weighted by atomic mass is 10.2. The number of nitrogens with zero attached hydrogens (tertiary/aromatic N) is 3. The van der Waals surface area contributed by atoms with Gasteiger partial charge in [-0.15, -0.1) is 0 Å². The Morgan fingerprint density at radius 3 is 2.36 bits per heavy atom. The molecular formula is C22H23N5O. The molecule has 0 aliphatic heterocycles. The van der Waals surface area contributed by atoms with Crippen LogP contribution in [0.3, 0.4) is 0 Å². The van der Waals surface area contributed by atoms with Crippen LogP contribution in [0.25, 0.3) is 22.2 Å². The molecule has 3 N–H and O–H groups in total. The first kappa shape index (κ1) is 18.0. The number of carbonyl (C=O) groups excluding carboxylic acids is 1. The Labute approximate surface area is 163 Å². The Balaban J connectivity index is 1.88. The lowest BCUT2D eigenvalue weighted by molar-refractivity contribution is 0.102. The number of hydrogen-bond donors (Lipinski definition) is 2. The van der Waals surface area contributed by atoms with Crippen LogP contribution in [0.2, 0.25) is 0 Å². The average Bonchev–Trinajstić information content (AvgIpc) is 2.92. The summed E-state index contributed by atoms with van der Waals surface area (Å²) in [4.78, 5) is 22.6. The molecule has 0 spiro atoms. The van der Waals surface area contributed by atoms with Crippen molar-refractivity contribution in [1.82, 2.24) is 14.5 Å². The minimum atomic E-state index is -0.279. The van der Waals surface area contributed by atoms with Gasteiger partial charge in [0.2, 0.25) is 0 Å². The number of nitrogens with one attached hydrogen (secondary N) is 1. The number of nitrogen functional groups attached to an aromatic ring is 1. The molecule has 4 rings (SSSR count). The number of aryl methyl sites for hydroxylation is 1. The van der Waals surface area contributed by atoms with Gasteiger partial charge in [-0.25, -0.2) is 9.97 Å². The molecule has 2 aromatic heterocycles. The van der Waals surface area contributed by atoms with Crippen molar-refractivity contribution < 1.29 is 4.79 Å². The molecule has 0 saturated heterocycles. The minimum Gasteiger partial charge on any atom is -0.384 e. The lowest BCUT2D eigenvalue weighted by Gasteiger charge is -2.10. The maximum atomic E-state index is 13.1. The largest absolute Gasteiger partial charge is 0.384 e. The summed E-state index contributed by atoms with van der Waals surface area (Å²) in [7, 11) is 0. The molecule has 0 unspecified atom stereocenters. The zero-order valence-electron chi connectivity index (χ0n) is 16.2. The van der Waals surface area contributed by atoms with Crippen LogP contribution in [0.4, 0.5) is 11.5 Å². The Kier molecular flexibility index (Phi) is 4.47. The van der Waals surface area contributed by atoms with Crippen LogP contribution in [-0.4, -0.2) is 20.4 Å². The Morgan fingerprint density at radius 2 is 1.71 bits per heavy atom. The maximum Gasteiger partial charge on any atom is 0.261 e. The summed E-state index contributed by atoms with van der Waals surface area (Å²) in [6.45, 7) is 6.87. The maximum absolute atomic E-state index is 13.1. The first-order chi connectivity index (χ1) is 13.4. The third-order valence-corrected chi connectivity index (χ3v) is 4.68. The molecule has 0 atom stereocenters. The van der Waals surface area contributed by atoms with Gasteiger partial charge in [0.1, 0.15) is 16.9 Å². The van der Waals surface area contributed by atoms with Crippen LogP contribution in [0.15, 0.2) is 48.5 Å². The molecule has 6 heteroatoms. The number of amides is 1. The molecule has 2 aromatic carbocycles. The summed E-state index contributed by atoms with van der Waals surface area (Å²) in [5, 5.41) is 2.93. The molecule has 142 valence electrons. The zero-order valence-corrected chi connectivity index (χ0v) is 16.2. The summed E-state index contributed by atoms with van der Waals surface area (Å²) in [5.74, 6) is 0.459. The standard InChI is InChI=1S/C22H23N5O/c1-13(2)12-27-20(23)18(22(28)24-15-10-8-14(3)9-11-15)19-21(27)26-17-7-5-4-6-16(17)25-19/h4-11,13H,12,23H2,1-3H3,(H,24,28). The fourth-order valence-corrected chi connectivity index (χ4v) is 3.32. The van der Waals surface area contributed by atoms with Gasteiger partial charge < -0.3 is 15.6 Å². The van der Waals surface area contributed by atoms with Crippen LogP contribution < -0.4 is 11.1 Å². The third-order valence-electron chi connectivity index (χ3n) is 4.68. The second kappa shape index (κ2) is 6.96. The SMILES string of the molecule is Cc1ccc(NC(=O)c2c(N)n(CC(C)C)c3nc4ccccc4nc23)cc1. The highest BCUT2D eigenvalue weighted by molar-refractivity contribution is 6.16. The molecule has 1 amide bonds. The Morgan fingerprint density at radius 1 is 1.07 bits per heavy atom. The van der Waals surface area contributed by atoms with Crippen molar-refractivity contribution in [2.75, 3.05) is 11.1 Å². The molecule has 28 heavy (non-hydrogen) atoms. The van der Waals surface area contributed by atoms with Gasteiger partial charge in [-0.2, -0.15) is 0 Å². The quantitative estimate of drug-likeness (QED) is 0.556. The average molecular weight is 373 g/mol.